The molecule has 2 aliphatic heterocycles. The largest absolute Gasteiger partial charge is 0.322 e. The van der Waals surface area contributed by atoms with Gasteiger partial charge in [-0.25, -0.2) is 0 Å². The molecule has 0 bridgehead atoms. The van der Waals surface area contributed by atoms with Crippen molar-refractivity contribution in [3.05, 3.63) is 60.1 Å². The Balaban J connectivity index is 2.21. The van der Waals surface area contributed by atoms with Crippen molar-refractivity contribution in [2.75, 3.05) is 0 Å². The highest BCUT2D eigenvalue weighted by Crippen LogP contribution is 2.29. The molecule has 2 heterocycles. The smallest absolute Gasteiger partial charge is 0.0543 e. The highest BCUT2D eigenvalue weighted by molar-refractivity contribution is 5.89. The molecule has 0 saturated heterocycles. The first-order chi connectivity index (χ1) is 7.45. The zero-order chi connectivity index (χ0) is 10.1. The van der Waals surface area contributed by atoms with E-state index in [4.69, 9.17) is 0 Å². The molecular formula is C13H10N2. The minimum absolute atomic E-state index is 1.17. The van der Waals surface area contributed by atoms with E-state index in [2.05, 4.69) is 46.4 Å². The summed E-state index contributed by atoms with van der Waals surface area (Å²) in [5.41, 5.74) is 3.67. The molecule has 0 N–H and O–H groups in total. The summed E-state index contributed by atoms with van der Waals surface area (Å²) in [5, 5.41) is 0. The van der Waals surface area contributed by atoms with Crippen molar-refractivity contribution in [2.45, 2.75) is 0 Å². The third-order valence-electron chi connectivity index (χ3n) is 2.56. The fourth-order valence-corrected chi connectivity index (χ4v) is 1.84. The number of aliphatic imine (C=N–C) groups is 1. The summed E-state index contributed by atoms with van der Waals surface area (Å²) < 4.78 is 0. The van der Waals surface area contributed by atoms with E-state index in [1.54, 1.807) is 6.20 Å². The number of hydrogen-bond donors (Lipinski definition) is 0. The van der Waals surface area contributed by atoms with Gasteiger partial charge in [-0.2, -0.15) is 0 Å². The Morgan fingerprint density at radius 1 is 1.07 bits per heavy atom. The van der Waals surface area contributed by atoms with Crippen LogP contribution in [0.5, 0.6) is 0 Å². The van der Waals surface area contributed by atoms with Crippen molar-refractivity contribution in [2.24, 2.45) is 4.99 Å². The number of nitrogens with zero attached hydrogens (tertiary/aromatic N) is 2. The molecule has 0 saturated carbocycles. The molecule has 0 fully saturated rings. The maximum Gasteiger partial charge on any atom is 0.0543 e. The third kappa shape index (κ3) is 1.31. The van der Waals surface area contributed by atoms with Crippen LogP contribution in [0.1, 0.15) is 11.1 Å². The SMILES string of the molecule is C1=CN2C=Cc3ccccc3C2=CC=N1. The zero-order valence-electron chi connectivity index (χ0n) is 8.17. The molecule has 1 aromatic carbocycles. The van der Waals surface area contributed by atoms with Crippen LogP contribution in [0.15, 0.2) is 53.9 Å². The highest BCUT2D eigenvalue weighted by atomic mass is 15.1. The van der Waals surface area contributed by atoms with Gasteiger partial charge in [0.2, 0.25) is 0 Å². The molecule has 3 rings (SSSR count). The molecule has 0 spiro atoms. The Morgan fingerprint density at radius 3 is 3.00 bits per heavy atom. The highest BCUT2D eigenvalue weighted by Gasteiger charge is 2.14. The lowest BCUT2D eigenvalue weighted by atomic mass is 10.0. The quantitative estimate of drug-likeness (QED) is 0.620. The second kappa shape index (κ2) is 3.24. The first-order valence-corrected chi connectivity index (χ1v) is 4.91. The summed E-state index contributed by atoms with van der Waals surface area (Å²) in [7, 11) is 0. The first kappa shape index (κ1) is 8.24. The van der Waals surface area contributed by atoms with Gasteiger partial charge in [-0.05, 0) is 17.7 Å². The third-order valence-corrected chi connectivity index (χ3v) is 2.56. The fraction of sp³-hybridized carbons (Fsp3) is 0. The van der Waals surface area contributed by atoms with Crippen molar-refractivity contribution in [1.82, 2.24) is 4.90 Å². The molecule has 0 atom stereocenters. The molecule has 0 unspecified atom stereocenters. The van der Waals surface area contributed by atoms with Gasteiger partial charge in [-0.3, -0.25) is 4.99 Å². The predicted octanol–water partition coefficient (Wildman–Crippen LogP) is 2.87. The van der Waals surface area contributed by atoms with Gasteiger partial charge in [0.05, 0.1) is 5.70 Å². The molecule has 72 valence electrons. The van der Waals surface area contributed by atoms with Crippen LogP contribution in [0.3, 0.4) is 0 Å². The van der Waals surface area contributed by atoms with Gasteiger partial charge >= 0.3 is 0 Å². The van der Waals surface area contributed by atoms with Gasteiger partial charge in [0.15, 0.2) is 0 Å². The number of hydrogen-bond acceptors (Lipinski definition) is 2. The second-order valence-corrected chi connectivity index (χ2v) is 3.46. The van der Waals surface area contributed by atoms with E-state index in [1.165, 1.54) is 16.8 Å². The van der Waals surface area contributed by atoms with Crippen LogP contribution in [0.2, 0.25) is 0 Å². The summed E-state index contributed by atoms with van der Waals surface area (Å²) in [5.74, 6) is 0. The molecule has 1 aromatic rings. The molecular weight excluding hydrogens is 184 g/mol. The summed E-state index contributed by atoms with van der Waals surface area (Å²) in [6, 6.07) is 8.36. The van der Waals surface area contributed by atoms with Crippen molar-refractivity contribution >= 4 is 18.0 Å². The number of benzene rings is 1. The average molecular weight is 194 g/mol. The Bertz CT molecular complexity index is 507. The molecule has 15 heavy (non-hydrogen) atoms. The van der Waals surface area contributed by atoms with E-state index in [0.29, 0.717) is 0 Å². The lowest BCUT2D eigenvalue weighted by Crippen LogP contribution is -2.12. The van der Waals surface area contributed by atoms with Crippen molar-refractivity contribution in [3.63, 3.8) is 0 Å². The summed E-state index contributed by atoms with van der Waals surface area (Å²) in [4.78, 5) is 6.19. The fourth-order valence-electron chi connectivity index (χ4n) is 1.84. The Morgan fingerprint density at radius 2 is 2.00 bits per heavy atom. The lowest BCUT2D eigenvalue weighted by molar-refractivity contribution is 0.722. The second-order valence-electron chi connectivity index (χ2n) is 3.46. The van der Waals surface area contributed by atoms with E-state index in [1.807, 2.05) is 18.5 Å². The molecule has 0 aliphatic carbocycles. The zero-order valence-corrected chi connectivity index (χ0v) is 8.17. The van der Waals surface area contributed by atoms with E-state index in [9.17, 15) is 0 Å². The molecule has 0 amide bonds. The van der Waals surface area contributed by atoms with E-state index in [-0.39, 0.29) is 0 Å². The first-order valence-electron chi connectivity index (χ1n) is 4.91. The van der Waals surface area contributed by atoms with E-state index in [0.717, 1.165) is 0 Å². The maximum absolute atomic E-state index is 4.11. The van der Waals surface area contributed by atoms with Crippen molar-refractivity contribution in [1.29, 1.82) is 0 Å². The monoisotopic (exact) mass is 194 g/mol. The standard InChI is InChI=1S/C13H10N2/c1-2-4-12-11(3-1)6-9-15-10-8-14-7-5-13(12)15/h1-10H. The predicted molar refractivity (Wildman–Crippen MR) is 62.9 cm³/mol. The van der Waals surface area contributed by atoms with Crippen LogP contribution in [0, 0.1) is 0 Å². The molecule has 0 radical (unpaired) electrons. The normalized spacial score (nSPS) is 16.8. The lowest BCUT2D eigenvalue weighted by Gasteiger charge is -2.24. The minimum Gasteiger partial charge on any atom is -0.322 e. The van der Waals surface area contributed by atoms with E-state index < -0.39 is 0 Å². The van der Waals surface area contributed by atoms with Gasteiger partial charge in [-0.15, -0.1) is 0 Å². The maximum atomic E-state index is 4.11. The topological polar surface area (TPSA) is 15.6 Å². The molecule has 0 aromatic heterocycles. The number of allylic oxidation sites excluding steroid dienone is 1. The Hall–Kier alpha value is -2.09. The van der Waals surface area contributed by atoms with Crippen LogP contribution < -0.4 is 0 Å². The summed E-state index contributed by atoms with van der Waals surface area (Å²) >= 11 is 0. The van der Waals surface area contributed by atoms with Gasteiger partial charge in [0.1, 0.15) is 0 Å². The minimum atomic E-state index is 1.17. The van der Waals surface area contributed by atoms with Crippen molar-refractivity contribution in [3.8, 4) is 0 Å². The van der Waals surface area contributed by atoms with Gasteiger partial charge in [-0.1, -0.05) is 24.3 Å². The number of fused-ring (bicyclic) bond motifs is 3. The van der Waals surface area contributed by atoms with Crippen LogP contribution in [0.25, 0.3) is 11.8 Å². The Kier molecular flexibility index (Phi) is 1.78. The van der Waals surface area contributed by atoms with Gasteiger partial charge < -0.3 is 4.90 Å². The average Bonchev–Trinajstić information content (AvgIpc) is 2.54. The van der Waals surface area contributed by atoms with Gasteiger partial charge in [0, 0.05) is 30.4 Å². The van der Waals surface area contributed by atoms with Crippen LogP contribution in [0.4, 0.5) is 0 Å². The van der Waals surface area contributed by atoms with E-state index >= 15 is 0 Å². The van der Waals surface area contributed by atoms with Crippen LogP contribution >= 0.6 is 0 Å². The summed E-state index contributed by atoms with van der Waals surface area (Å²) in [6.45, 7) is 0. The van der Waals surface area contributed by atoms with Crippen LogP contribution in [-0.2, 0) is 0 Å². The molecule has 2 aliphatic rings. The Labute approximate surface area is 88.6 Å². The molecule has 2 nitrogen and oxygen atoms in total. The molecule has 2 heteroatoms. The van der Waals surface area contributed by atoms with Crippen LogP contribution in [-0.4, -0.2) is 11.1 Å². The number of rotatable bonds is 0. The summed E-state index contributed by atoms with van der Waals surface area (Å²) in [6.07, 6.45) is 11.8. The van der Waals surface area contributed by atoms with Crippen molar-refractivity contribution < 1.29 is 0 Å². The van der Waals surface area contributed by atoms with Gasteiger partial charge in [0.25, 0.3) is 0 Å².